The molecule has 0 heterocycles. The summed E-state index contributed by atoms with van der Waals surface area (Å²) in [5, 5.41) is 12.1. The van der Waals surface area contributed by atoms with Crippen LogP contribution in [-0.2, 0) is 4.79 Å². The summed E-state index contributed by atoms with van der Waals surface area (Å²) in [4.78, 5) is 14.1. The second-order valence-electron chi connectivity index (χ2n) is 5.24. The molecule has 0 spiro atoms. The van der Waals surface area contributed by atoms with Crippen LogP contribution in [0.15, 0.2) is 0 Å². The van der Waals surface area contributed by atoms with Gasteiger partial charge in [-0.25, -0.2) is 0 Å². The number of aliphatic hydroxyl groups excluding tert-OH is 1. The molecule has 0 aromatic carbocycles. The number of nitrogens with zero attached hydrogens (tertiary/aromatic N) is 1. The average Bonchev–Trinajstić information content (AvgIpc) is 2.77. The summed E-state index contributed by atoms with van der Waals surface area (Å²) >= 11 is 0. The lowest BCUT2D eigenvalue weighted by atomic mass is 10.1. The van der Waals surface area contributed by atoms with E-state index >= 15 is 0 Å². The molecule has 1 amide bonds. The molecule has 1 aliphatic rings. The fraction of sp³-hybridized carbons (Fsp3) is 0.923. The van der Waals surface area contributed by atoms with Crippen molar-refractivity contribution in [2.24, 2.45) is 0 Å². The Kier molecular flexibility index (Phi) is 5.92. The maximum atomic E-state index is 12.0. The number of carbonyl (C=O) groups is 1. The molecule has 1 rings (SSSR count). The predicted octanol–water partition coefficient (Wildman–Crippen LogP) is 1.14. The molecular formula is C13H26N2O2. The Morgan fingerprint density at radius 3 is 2.41 bits per heavy atom. The zero-order valence-corrected chi connectivity index (χ0v) is 11.3. The van der Waals surface area contributed by atoms with Crippen molar-refractivity contribution in [2.45, 2.75) is 64.6 Å². The molecule has 2 N–H and O–H groups in total. The Balaban J connectivity index is 2.58. The van der Waals surface area contributed by atoms with Crippen molar-refractivity contribution in [1.29, 1.82) is 0 Å². The highest BCUT2D eigenvalue weighted by atomic mass is 16.3. The van der Waals surface area contributed by atoms with E-state index in [9.17, 15) is 4.79 Å². The third-order valence-electron chi connectivity index (χ3n) is 3.46. The topological polar surface area (TPSA) is 52.6 Å². The van der Waals surface area contributed by atoms with Gasteiger partial charge in [0.2, 0.25) is 5.91 Å². The highest BCUT2D eigenvalue weighted by molar-refractivity contribution is 5.81. The van der Waals surface area contributed by atoms with E-state index in [0.717, 1.165) is 12.8 Å². The van der Waals surface area contributed by atoms with Gasteiger partial charge in [0.15, 0.2) is 0 Å². The van der Waals surface area contributed by atoms with Crippen molar-refractivity contribution in [1.82, 2.24) is 10.2 Å². The molecule has 4 heteroatoms. The minimum Gasteiger partial charge on any atom is -0.395 e. The number of amides is 1. The van der Waals surface area contributed by atoms with Gasteiger partial charge >= 0.3 is 0 Å². The molecule has 0 aliphatic heterocycles. The number of aliphatic hydroxyl groups is 1. The zero-order chi connectivity index (χ0) is 12.8. The first-order chi connectivity index (χ1) is 8.06. The molecule has 0 aromatic rings. The maximum absolute atomic E-state index is 12.0. The van der Waals surface area contributed by atoms with Gasteiger partial charge in [-0.1, -0.05) is 12.8 Å². The van der Waals surface area contributed by atoms with E-state index in [1.165, 1.54) is 12.8 Å². The lowest BCUT2D eigenvalue weighted by molar-refractivity contribution is -0.127. The molecule has 0 aromatic heterocycles. The van der Waals surface area contributed by atoms with Gasteiger partial charge < -0.3 is 10.4 Å². The van der Waals surface area contributed by atoms with Gasteiger partial charge in [0.05, 0.1) is 12.6 Å². The molecule has 0 bridgehead atoms. The Bertz CT molecular complexity index is 238. The number of carbonyl (C=O) groups excluding carboxylic acids is 1. The van der Waals surface area contributed by atoms with Gasteiger partial charge in [0.25, 0.3) is 0 Å². The first-order valence-electron chi connectivity index (χ1n) is 6.73. The molecule has 0 saturated heterocycles. The SMILES string of the molecule is CC(C)NC(=O)C(C)N(CCO)C1CCCC1. The summed E-state index contributed by atoms with van der Waals surface area (Å²) < 4.78 is 0. The van der Waals surface area contributed by atoms with Gasteiger partial charge in [-0.2, -0.15) is 0 Å². The second kappa shape index (κ2) is 6.97. The third-order valence-corrected chi connectivity index (χ3v) is 3.46. The van der Waals surface area contributed by atoms with Crippen LogP contribution < -0.4 is 5.32 Å². The van der Waals surface area contributed by atoms with Crippen LogP contribution in [0.4, 0.5) is 0 Å². The van der Waals surface area contributed by atoms with Crippen molar-refractivity contribution in [3.05, 3.63) is 0 Å². The van der Waals surface area contributed by atoms with E-state index in [2.05, 4.69) is 10.2 Å². The monoisotopic (exact) mass is 242 g/mol. The smallest absolute Gasteiger partial charge is 0.237 e. The fourth-order valence-corrected chi connectivity index (χ4v) is 2.60. The molecule has 1 saturated carbocycles. The van der Waals surface area contributed by atoms with E-state index in [1.807, 2.05) is 20.8 Å². The Hall–Kier alpha value is -0.610. The van der Waals surface area contributed by atoms with Crippen molar-refractivity contribution in [3.8, 4) is 0 Å². The molecular weight excluding hydrogens is 216 g/mol. The van der Waals surface area contributed by atoms with E-state index in [0.29, 0.717) is 12.6 Å². The van der Waals surface area contributed by atoms with E-state index < -0.39 is 0 Å². The van der Waals surface area contributed by atoms with Crippen molar-refractivity contribution < 1.29 is 9.90 Å². The summed E-state index contributed by atoms with van der Waals surface area (Å²) in [6, 6.07) is 0.493. The van der Waals surface area contributed by atoms with Gasteiger partial charge in [0.1, 0.15) is 0 Å². The molecule has 1 atom stereocenters. The quantitative estimate of drug-likeness (QED) is 0.734. The number of rotatable bonds is 6. The van der Waals surface area contributed by atoms with Gasteiger partial charge in [0, 0.05) is 18.6 Å². The highest BCUT2D eigenvalue weighted by Crippen LogP contribution is 2.24. The zero-order valence-electron chi connectivity index (χ0n) is 11.3. The van der Waals surface area contributed by atoms with E-state index in [1.54, 1.807) is 0 Å². The summed E-state index contributed by atoms with van der Waals surface area (Å²) in [5.74, 6) is 0.0698. The normalized spacial score (nSPS) is 18.9. The first-order valence-corrected chi connectivity index (χ1v) is 6.73. The van der Waals surface area contributed by atoms with Crippen LogP contribution in [0.5, 0.6) is 0 Å². The molecule has 100 valence electrons. The predicted molar refractivity (Wildman–Crippen MR) is 68.8 cm³/mol. The molecule has 1 unspecified atom stereocenters. The van der Waals surface area contributed by atoms with Crippen LogP contribution in [0.1, 0.15) is 46.5 Å². The summed E-state index contributed by atoms with van der Waals surface area (Å²) in [5.41, 5.74) is 0. The molecule has 1 aliphatic carbocycles. The van der Waals surface area contributed by atoms with Crippen molar-refractivity contribution in [2.75, 3.05) is 13.2 Å². The van der Waals surface area contributed by atoms with Crippen molar-refractivity contribution >= 4 is 5.91 Å². The largest absolute Gasteiger partial charge is 0.395 e. The average molecular weight is 242 g/mol. The van der Waals surface area contributed by atoms with Crippen LogP contribution in [-0.4, -0.2) is 47.2 Å². The summed E-state index contributed by atoms with van der Waals surface area (Å²) in [6.07, 6.45) is 4.79. The van der Waals surface area contributed by atoms with Crippen LogP contribution >= 0.6 is 0 Å². The molecule has 4 nitrogen and oxygen atoms in total. The minimum atomic E-state index is -0.146. The van der Waals surface area contributed by atoms with Crippen LogP contribution in [0.3, 0.4) is 0 Å². The lowest BCUT2D eigenvalue weighted by Crippen LogP contribution is -2.51. The second-order valence-corrected chi connectivity index (χ2v) is 5.24. The van der Waals surface area contributed by atoms with E-state index in [-0.39, 0.29) is 24.6 Å². The standard InChI is InChI=1S/C13H26N2O2/c1-10(2)14-13(17)11(3)15(8-9-16)12-6-4-5-7-12/h10-12,16H,4-9H2,1-3H3,(H,14,17). The number of hydrogen-bond acceptors (Lipinski definition) is 3. The van der Waals surface area contributed by atoms with Crippen molar-refractivity contribution in [3.63, 3.8) is 0 Å². The molecule has 17 heavy (non-hydrogen) atoms. The number of nitrogens with one attached hydrogen (secondary N) is 1. The van der Waals surface area contributed by atoms with Gasteiger partial charge in [-0.3, -0.25) is 9.69 Å². The van der Waals surface area contributed by atoms with Crippen LogP contribution in [0.25, 0.3) is 0 Å². The summed E-state index contributed by atoms with van der Waals surface area (Å²) in [6.45, 7) is 6.59. The molecule has 1 fully saturated rings. The highest BCUT2D eigenvalue weighted by Gasteiger charge is 2.29. The Labute approximate surface area is 104 Å². The van der Waals surface area contributed by atoms with Gasteiger partial charge in [-0.15, -0.1) is 0 Å². The van der Waals surface area contributed by atoms with Crippen LogP contribution in [0, 0.1) is 0 Å². The number of hydrogen-bond donors (Lipinski definition) is 2. The summed E-state index contributed by atoms with van der Waals surface area (Å²) in [7, 11) is 0. The van der Waals surface area contributed by atoms with Crippen LogP contribution in [0.2, 0.25) is 0 Å². The Morgan fingerprint density at radius 2 is 1.94 bits per heavy atom. The minimum absolute atomic E-state index is 0.0698. The fourth-order valence-electron chi connectivity index (χ4n) is 2.60. The maximum Gasteiger partial charge on any atom is 0.237 e. The third kappa shape index (κ3) is 4.28. The lowest BCUT2D eigenvalue weighted by Gasteiger charge is -2.33. The van der Waals surface area contributed by atoms with E-state index in [4.69, 9.17) is 5.11 Å². The molecule has 0 radical (unpaired) electrons. The Morgan fingerprint density at radius 1 is 1.35 bits per heavy atom. The first kappa shape index (κ1) is 14.5. The van der Waals surface area contributed by atoms with Gasteiger partial charge in [-0.05, 0) is 33.6 Å².